The van der Waals surface area contributed by atoms with Crippen LogP contribution in [0, 0.1) is 16.7 Å². The van der Waals surface area contributed by atoms with Crippen LogP contribution < -0.4 is 5.32 Å². The first-order valence-electron chi connectivity index (χ1n) is 9.90. The highest BCUT2D eigenvalue weighted by molar-refractivity contribution is 7.14. The van der Waals surface area contributed by atoms with E-state index in [1.807, 2.05) is 55.5 Å². The number of hydrogen-bond donors (Lipinski definition) is 1. The summed E-state index contributed by atoms with van der Waals surface area (Å²) in [5.41, 5.74) is 2.38. The number of fused-ring (bicyclic) bond motifs is 1. The number of aromatic nitrogens is 1. The lowest BCUT2D eigenvalue weighted by Crippen LogP contribution is -2.53. The van der Waals surface area contributed by atoms with E-state index in [-0.39, 0.29) is 17.5 Å². The predicted molar refractivity (Wildman–Crippen MR) is 116 cm³/mol. The first-order valence-corrected chi connectivity index (χ1v) is 10.8. The lowest BCUT2D eigenvalue weighted by Gasteiger charge is -2.54. The minimum atomic E-state index is -0.895. The van der Waals surface area contributed by atoms with E-state index < -0.39 is 16.8 Å². The van der Waals surface area contributed by atoms with Gasteiger partial charge in [-0.15, -0.1) is 11.3 Å². The van der Waals surface area contributed by atoms with Gasteiger partial charge >= 0.3 is 5.97 Å². The monoisotopic (exact) mass is 429 g/mol. The van der Waals surface area contributed by atoms with Crippen LogP contribution in [-0.2, 0) is 14.9 Å². The van der Waals surface area contributed by atoms with Gasteiger partial charge in [0.25, 0.3) is 0 Å². The Hall–Kier alpha value is -3.50. The molecule has 1 unspecified atom stereocenters. The fraction of sp³-hybridized carbons (Fsp3) is 0.250. The standard InChI is InChI=1S/C24H19N3O3S/c1-23(21(29)27-22-26-18(11-31-22)20(28)30-2)12-24(13-25)16-9-5-3-7-14(16)19(23)15-8-4-6-10-17(15)24/h3-11,19H,12H2,1-2H3,(H,26,27,29). The Morgan fingerprint density at radius 1 is 1.16 bits per heavy atom. The van der Waals surface area contributed by atoms with Gasteiger partial charge in [0, 0.05) is 11.3 Å². The first-order chi connectivity index (χ1) is 14.9. The van der Waals surface area contributed by atoms with E-state index in [0.29, 0.717) is 11.6 Å². The van der Waals surface area contributed by atoms with Crippen LogP contribution in [0.5, 0.6) is 0 Å². The summed E-state index contributed by atoms with van der Waals surface area (Å²) in [6, 6.07) is 18.4. The van der Waals surface area contributed by atoms with Gasteiger partial charge in [-0.05, 0) is 35.6 Å². The number of amides is 1. The van der Waals surface area contributed by atoms with Crippen molar-refractivity contribution in [2.24, 2.45) is 5.41 Å². The molecule has 2 bridgehead atoms. The Labute approximate surface area is 183 Å². The minimum absolute atomic E-state index is 0.155. The minimum Gasteiger partial charge on any atom is -0.464 e. The Morgan fingerprint density at radius 3 is 2.35 bits per heavy atom. The second-order valence-electron chi connectivity index (χ2n) is 8.20. The van der Waals surface area contributed by atoms with Crippen molar-refractivity contribution in [2.45, 2.75) is 24.7 Å². The lowest BCUT2D eigenvalue weighted by atomic mass is 9.47. The van der Waals surface area contributed by atoms with Gasteiger partial charge in [0.2, 0.25) is 5.91 Å². The number of nitriles is 1. The quantitative estimate of drug-likeness (QED) is 0.629. The summed E-state index contributed by atoms with van der Waals surface area (Å²) in [6.45, 7) is 1.92. The SMILES string of the molecule is COC(=O)c1csc(NC(=O)C2(C)CC3(C#N)c4ccccc4C2c2ccccc23)n1. The van der Waals surface area contributed by atoms with Crippen LogP contribution in [0.15, 0.2) is 53.9 Å². The Morgan fingerprint density at radius 2 is 1.77 bits per heavy atom. The Kier molecular flexibility index (Phi) is 4.24. The zero-order chi connectivity index (χ0) is 21.8. The van der Waals surface area contributed by atoms with Crippen LogP contribution in [0.4, 0.5) is 5.13 Å². The number of thiazole rings is 1. The summed E-state index contributed by atoms with van der Waals surface area (Å²) >= 11 is 1.17. The molecule has 0 aliphatic heterocycles. The van der Waals surface area contributed by atoms with Crippen LogP contribution >= 0.6 is 11.3 Å². The van der Waals surface area contributed by atoms with E-state index in [1.54, 1.807) is 5.38 Å². The van der Waals surface area contributed by atoms with E-state index in [2.05, 4.69) is 16.4 Å². The van der Waals surface area contributed by atoms with E-state index in [9.17, 15) is 14.9 Å². The number of carbonyl (C=O) groups excluding carboxylic acids is 2. The molecule has 6 rings (SSSR count). The fourth-order valence-electron chi connectivity index (χ4n) is 5.26. The molecule has 3 aliphatic rings. The Bertz CT molecular complexity index is 1230. The second-order valence-corrected chi connectivity index (χ2v) is 9.06. The zero-order valence-electron chi connectivity index (χ0n) is 17.0. The first kappa shape index (κ1) is 19.5. The van der Waals surface area contributed by atoms with Gasteiger partial charge in [0.15, 0.2) is 10.8 Å². The molecule has 0 saturated carbocycles. The molecule has 0 spiro atoms. The summed E-state index contributed by atoms with van der Waals surface area (Å²) in [5, 5.41) is 15.2. The number of nitrogens with zero attached hydrogens (tertiary/aromatic N) is 2. The number of carbonyl (C=O) groups is 2. The number of anilines is 1. The molecule has 31 heavy (non-hydrogen) atoms. The zero-order valence-corrected chi connectivity index (χ0v) is 17.8. The number of benzene rings is 2. The number of rotatable bonds is 3. The third-order valence-corrected chi connectivity index (χ3v) is 7.32. The molecule has 0 fully saturated rings. The van der Waals surface area contributed by atoms with Gasteiger partial charge in [-0.25, -0.2) is 9.78 Å². The second kappa shape index (κ2) is 6.76. The summed E-state index contributed by atoms with van der Waals surface area (Å²) in [5.74, 6) is -0.951. The Balaban J connectivity index is 1.61. The van der Waals surface area contributed by atoms with Gasteiger partial charge in [0.1, 0.15) is 5.41 Å². The highest BCUT2D eigenvalue weighted by Gasteiger charge is 2.61. The molecule has 2 aromatic carbocycles. The van der Waals surface area contributed by atoms with E-state index >= 15 is 0 Å². The van der Waals surface area contributed by atoms with Crippen molar-refractivity contribution >= 4 is 28.3 Å². The molecule has 1 atom stereocenters. The third-order valence-electron chi connectivity index (χ3n) is 6.56. The number of methoxy groups -OCH3 is 1. The molecule has 1 aromatic heterocycles. The molecule has 1 N–H and O–H groups in total. The van der Waals surface area contributed by atoms with Crippen LogP contribution in [0.2, 0.25) is 0 Å². The van der Waals surface area contributed by atoms with Crippen molar-refractivity contribution in [1.29, 1.82) is 5.26 Å². The lowest BCUT2D eigenvalue weighted by molar-refractivity contribution is -0.127. The maximum absolute atomic E-state index is 13.6. The molecule has 3 aromatic rings. The normalized spacial score (nSPS) is 25.1. The molecule has 7 heteroatoms. The highest BCUT2D eigenvalue weighted by Crippen LogP contribution is 2.63. The average Bonchev–Trinajstić information content (AvgIpc) is 3.27. The molecule has 1 amide bonds. The van der Waals surface area contributed by atoms with E-state index in [1.165, 1.54) is 18.4 Å². The van der Waals surface area contributed by atoms with E-state index in [0.717, 1.165) is 22.3 Å². The largest absolute Gasteiger partial charge is 0.464 e. The molecule has 0 saturated heterocycles. The predicted octanol–water partition coefficient (Wildman–Crippen LogP) is 4.23. The molecular weight excluding hydrogens is 410 g/mol. The summed E-state index contributed by atoms with van der Waals surface area (Å²) in [6.07, 6.45) is 0.371. The van der Waals surface area contributed by atoms with Gasteiger partial charge < -0.3 is 10.1 Å². The van der Waals surface area contributed by atoms with Crippen LogP contribution in [-0.4, -0.2) is 24.0 Å². The maximum atomic E-state index is 13.6. The number of esters is 1. The smallest absolute Gasteiger partial charge is 0.357 e. The van der Waals surface area contributed by atoms with Crippen LogP contribution in [0.3, 0.4) is 0 Å². The van der Waals surface area contributed by atoms with Crippen LogP contribution in [0.25, 0.3) is 0 Å². The van der Waals surface area contributed by atoms with Crippen molar-refractivity contribution < 1.29 is 14.3 Å². The molecular formula is C24H19N3O3S. The molecule has 0 radical (unpaired) electrons. The topological polar surface area (TPSA) is 92.1 Å². The average molecular weight is 430 g/mol. The number of ether oxygens (including phenoxy) is 1. The van der Waals surface area contributed by atoms with Crippen molar-refractivity contribution in [1.82, 2.24) is 4.98 Å². The van der Waals surface area contributed by atoms with E-state index in [4.69, 9.17) is 4.74 Å². The molecule has 154 valence electrons. The van der Waals surface area contributed by atoms with Gasteiger partial charge in [-0.2, -0.15) is 5.26 Å². The van der Waals surface area contributed by atoms with Crippen molar-refractivity contribution in [2.75, 3.05) is 12.4 Å². The van der Waals surface area contributed by atoms with Crippen LogP contribution in [0.1, 0.15) is 52.0 Å². The fourth-order valence-corrected chi connectivity index (χ4v) is 5.93. The van der Waals surface area contributed by atoms with Crippen molar-refractivity contribution in [3.05, 3.63) is 81.9 Å². The van der Waals surface area contributed by atoms with Crippen molar-refractivity contribution in [3.8, 4) is 6.07 Å². The molecule has 6 nitrogen and oxygen atoms in total. The number of hydrogen-bond acceptors (Lipinski definition) is 6. The van der Waals surface area contributed by atoms with Gasteiger partial charge in [0.05, 0.1) is 18.6 Å². The summed E-state index contributed by atoms with van der Waals surface area (Å²) < 4.78 is 4.69. The highest BCUT2D eigenvalue weighted by atomic mass is 32.1. The number of nitrogens with one attached hydrogen (secondary N) is 1. The third kappa shape index (κ3) is 2.58. The summed E-state index contributed by atoms with van der Waals surface area (Å²) in [7, 11) is 1.29. The molecule has 1 heterocycles. The van der Waals surface area contributed by atoms with Gasteiger partial charge in [-0.3, -0.25) is 4.79 Å². The maximum Gasteiger partial charge on any atom is 0.357 e. The van der Waals surface area contributed by atoms with Crippen molar-refractivity contribution in [3.63, 3.8) is 0 Å². The molecule has 3 aliphatic carbocycles. The van der Waals surface area contributed by atoms with Gasteiger partial charge in [-0.1, -0.05) is 48.5 Å². The summed E-state index contributed by atoms with van der Waals surface area (Å²) in [4.78, 5) is 29.5.